The van der Waals surface area contributed by atoms with Gasteiger partial charge in [-0.1, -0.05) is 36.4 Å². The molecule has 0 unspecified atom stereocenters. The summed E-state index contributed by atoms with van der Waals surface area (Å²) in [6.07, 6.45) is 0. The first kappa shape index (κ1) is 13.5. The average molecular weight is 279 g/mol. The van der Waals surface area contributed by atoms with Crippen molar-refractivity contribution in [3.8, 4) is 0 Å². The van der Waals surface area contributed by atoms with Crippen molar-refractivity contribution >= 4 is 11.0 Å². The molecule has 3 aromatic rings. The summed E-state index contributed by atoms with van der Waals surface area (Å²) in [6, 6.07) is 15.6. The van der Waals surface area contributed by atoms with E-state index in [1.807, 2.05) is 48.5 Å². The van der Waals surface area contributed by atoms with E-state index in [9.17, 15) is 4.79 Å². The van der Waals surface area contributed by atoms with Crippen molar-refractivity contribution in [2.45, 2.75) is 20.0 Å². The summed E-state index contributed by atoms with van der Waals surface area (Å²) >= 11 is 0. The van der Waals surface area contributed by atoms with Gasteiger partial charge in [0, 0.05) is 6.54 Å². The molecule has 0 spiro atoms. The third kappa shape index (κ3) is 2.45. The minimum absolute atomic E-state index is 0.0551. The highest BCUT2D eigenvalue weighted by atomic mass is 16.1. The van der Waals surface area contributed by atoms with Crippen LogP contribution in [0.15, 0.2) is 53.3 Å². The number of nitrogens with two attached hydrogens (primary N) is 1. The van der Waals surface area contributed by atoms with Crippen LogP contribution in [-0.2, 0) is 13.1 Å². The third-order valence-corrected chi connectivity index (χ3v) is 3.68. The molecule has 0 saturated heterocycles. The normalized spacial score (nSPS) is 11.0. The maximum atomic E-state index is 12.5. The molecule has 0 radical (unpaired) electrons. The lowest BCUT2D eigenvalue weighted by Crippen LogP contribution is -2.25. The van der Waals surface area contributed by atoms with Gasteiger partial charge < -0.3 is 10.3 Å². The molecule has 0 bridgehead atoms. The van der Waals surface area contributed by atoms with Crippen molar-refractivity contribution in [1.29, 1.82) is 0 Å². The molecule has 0 fully saturated rings. The summed E-state index contributed by atoms with van der Waals surface area (Å²) in [6.45, 7) is 2.73. The van der Waals surface area contributed by atoms with Crippen molar-refractivity contribution in [3.63, 3.8) is 0 Å². The Kier molecular flexibility index (Phi) is 3.54. The van der Waals surface area contributed by atoms with Crippen molar-refractivity contribution < 1.29 is 0 Å². The first-order valence-electron chi connectivity index (χ1n) is 6.93. The number of fused-ring (bicyclic) bond motifs is 1. The molecule has 1 aromatic heterocycles. The molecule has 3 rings (SSSR count). The SMILES string of the molecule is Cc1nc2ccccc2n(Cc2ccccc2CN)c1=O. The number of rotatable bonds is 3. The lowest BCUT2D eigenvalue weighted by atomic mass is 10.1. The molecule has 0 atom stereocenters. The van der Waals surface area contributed by atoms with Crippen LogP contribution in [-0.4, -0.2) is 9.55 Å². The molecular formula is C17H17N3O. The highest BCUT2D eigenvalue weighted by Crippen LogP contribution is 2.14. The van der Waals surface area contributed by atoms with Crippen LogP contribution in [0.3, 0.4) is 0 Å². The number of hydrogen-bond donors (Lipinski definition) is 1. The number of hydrogen-bond acceptors (Lipinski definition) is 3. The first-order chi connectivity index (χ1) is 10.2. The molecule has 2 aromatic carbocycles. The fraction of sp³-hybridized carbons (Fsp3) is 0.176. The zero-order valence-electron chi connectivity index (χ0n) is 11.9. The van der Waals surface area contributed by atoms with E-state index in [0.717, 1.165) is 22.2 Å². The maximum absolute atomic E-state index is 12.5. The van der Waals surface area contributed by atoms with Crippen LogP contribution < -0.4 is 11.3 Å². The third-order valence-electron chi connectivity index (χ3n) is 3.68. The van der Waals surface area contributed by atoms with Crippen LogP contribution in [0.5, 0.6) is 0 Å². The van der Waals surface area contributed by atoms with Crippen LogP contribution in [0.25, 0.3) is 11.0 Å². The summed E-state index contributed by atoms with van der Waals surface area (Å²) < 4.78 is 1.77. The molecule has 0 aliphatic carbocycles. The largest absolute Gasteiger partial charge is 0.326 e. The van der Waals surface area contributed by atoms with Gasteiger partial charge in [0.1, 0.15) is 5.69 Å². The van der Waals surface area contributed by atoms with E-state index in [1.54, 1.807) is 11.5 Å². The Morgan fingerprint density at radius 3 is 2.48 bits per heavy atom. The highest BCUT2D eigenvalue weighted by Gasteiger charge is 2.09. The molecule has 2 N–H and O–H groups in total. The fourth-order valence-corrected chi connectivity index (χ4v) is 2.56. The van der Waals surface area contributed by atoms with Gasteiger partial charge in [-0.05, 0) is 30.2 Å². The second kappa shape index (κ2) is 5.50. The van der Waals surface area contributed by atoms with Crippen molar-refractivity contribution in [1.82, 2.24) is 9.55 Å². The van der Waals surface area contributed by atoms with Crippen LogP contribution in [0.1, 0.15) is 16.8 Å². The average Bonchev–Trinajstić information content (AvgIpc) is 2.52. The number of aryl methyl sites for hydroxylation is 1. The quantitative estimate of drug-likeness (QED) is 0.799. The monoisotopic (exact) mass is 279 g/mol. The number of aromatic nitrogens is 2. The Morgan fingerprint density at radius 1 is 1.05 bits per heavy atom. The molecule has 106 valence electrons. The smallest absolute Gasteiger partial charge is 0.272 e. The van der Waals surface area contributed by atoms with Gasteiger partial charge in [0.25, 0.3) is 5.56 Å². The standard InChI is InChI=1S/C17H17N3O/c1-12-17(21)20(16-9-5-4-8-15(16)19-12)11-14-7-3-2-6-13(14)10-18/h2-9H,10-11,18H2,1H3. The molecule has 0 saturated carbocycles. The van der Waals surface area contributed by atoms with Gasteiger partial charge in [0.2, 0.25) is 0 Å². The zero-order chi connectivity index (χ0) is 14.8. The van der Waals surface area contributed by atoms with Gasteiger partial charge in [-0.3, -0.25) is 4.79 Å². The van der Waals surface area contributed by atoms with E-state index in [4.69, 9.17) is 5.73 Å². The molecule has 0 amide bonds. The predicted molar refractivity (Wildman–Crippen MR) is 84.2 cm³/mol. The van der Waals surface area contributed by atoms with Crippen molar-refractivity contribution in [3.05, 3.63) is 75.7 Å². The van der Waals surface area contributed by atoms with Crippen molar-refractivity contribution in [2.24, 2.45) is 5.73 Å². The van der Waals surface area contributed by atoms with Crippen molar-refractivity contribution in [2.75, 3.05) is 0 Å². The van der Waals surface area contributed by atoms with Gasteiger partial charge in [-0.15, -0.1) is 0 Å². The van der Waals surface area contributed by atoms with E-state index < -0.39 is 0 Å². The zero-order valence-corrected chi connectivity index (χ0v) is 11.9. The van der Waals surface area contributed by atoms with Gasteiger partial charge in [-0.25, -0.2) is 4.98 Å². The lowest BCUT2D eigenvalue weighted by Gasteiger charge is -2.13. The number of para-hydroxylation sites is 2. The van der Waals surface area contributed by atoms with Gasteiger partial charge in [-0.2, -0.15) is 0 Å². The van der Waals surface area contributed by atoms with E-state index in [0.29, 0.717) is 18.8 Å². The highest BCUT2D eigenvalue weighted by molar-refractivity contribution is 5.74. The maximum Gasteiger partial charge on any atom is 0.272 e. The lowest BCUT2D eigenvalue weighted by molar-refractivity contribution is 0.766. The Bertz CT molecular complexity index is 852. The van der Waals surface area contributed by atoms with Crippen LogP contribution in [0, 0.1) is 6.92 Å². The summed E-state index contributed by atoms with van der Waals surface area (Å²) in [5.74, 6) is 0. The topological polar surface area (TPSA) is 60.9 Å². The van der Waals surface area contributed by atoms with Gasteiger partial charge >= 0.3 is 0 Å². The molecule has 4 nitrogen and oxygen atoms in total. The molecule has 0 aliphatic heterocycles. The summed E-state index contributed by atoms with van der Waals surface area (Å²) in [7, 11) is 0. The van der Waals surface area contributed by atoms with Crippen LogP contribution in [0.4, 0.5) is 0 Å². The van der Waals surface area contributed by atoms with E-state index >= 15 is 0 Å². The summed E-state index contributed by atoms with van der Waals surface area (Å²) in [5, 5.41) is 0. The van der Waals surface area contributed by atoms with E-state index in [1.165, 1.54) is 0 Å². The Balaban J connectivity index is 2.20. The molecule has 21 heavy (non-hydrogen) atoms. The Hall–Kier alpha value is -2.46. The second-order valence-corrected chi connectivity index (χ2v) is 5.05. The number of nitrogens with zero attached hydrogens (tertiary/aromatic N) is 2. The van der Waals surface area contributed by atoms with Crippen LogP contribution >= 0.6 is 0 Å². The van der Waals surface area contributed by atoms with E-state index in [2.05, 4.69) is 4.98 Å². The predicted octanol–water partition coefficient (Wildman–Crippen LogP) is 2.21. The second-order valence-electron chi connectivity index (χ2n) is 5.05. The summed E-state index contributed by atoms with van der Waals surface area (Å²) in [5.41, 5.74) is 10.0. The minimum Gasteiger partial charge on any atom is -0.326 e. The van der Waals surface area contributed by atoms with Gasteiger partial charge in [0.15, 0.2) is 0 Å². The minimum atomic E-state index is -0.0551. The molecule has 4 heteroatoms. The fourth-order valence-electron chi connectivity index (χ4n) is 2.56. The number of benzene rings is 2. The van der Waals surface area contributed by atoms with Crippen LogP contribution in [0.2, 0.25) is 0 Å². The Labute approximate surface area is 122 Å². The summed E-state index contributed by atoms with van der Waals surface area (Å²) in [4.78, 5) is 16.8. The molecule has 1 heterocycles. The first-order valence-corrected chi connectivity index (χ1v) is 6.93. The Morgan fingerprint density at radius 2 is 1.71 bits per heavy atom. The molecular weight excluding hydrogens is 262 g/mol. The van der Waals surface area contributed by atoms with Gasteiger partial charge in [0.05, 0.1) is 17.6 Å². The molecule has 0 aliphatic rings. The van der Waals surface area contributed by atoms with E-state index in [-0.39, 0.29) is 5.56 Å².